The average Bonchev–Trinajstić information content (AvgIpc) is 3.43. The van der Waals surface area contributed by atoms with Crippen molar-refractivity contribution in [2.45, 2.75) is 31.8 Å². The summed E-state index contributed by atoms with van der Waals surface area (Å²) in [6.07, 6.45) is 2.56. The number of para-hydroxylation sites is 1. The molecule has 1 atom stereocenters. The number of thiophene rings is 1. The molecule has 29 heavy (non-hydrogen) atoms. The second kappa shape index (κ2) is 8.75. The predicted octanol–water partition coefficient (Wildman–Crippen LogP) is 2.09. The molecule has 0 radical (unpaired) electrons. The van der Waals surface area contributed by atoms with Gasteiger partial charge in [-0.05, 0) is 49.5 Å². The number of nitrogens with zero attached hydrogens (tertiary/aromatic N) is 2. The van der Waals surface area contributed by atoms with E-state index < -0.39 is 11.2 Å². The molecule has 7 nitrogen and oxygen atoms in total. The molecule has 2 N–H and O–H groups in total. The molecule has 0 bridgehead atoms. The molecule has 1 unspecified atom stereocenters. The Morgan fingerprint density at radius 1 is 1.14 bits per heavy atom. The lowest BCUT2D eigenvalue weighted by atomic mass is 10.2. The van der Waals surface area contributed by atoms with Gasteiger partial charge in [0, 0.05) is 24.4 Å². The predicted molar refractivity (Wildman–Crippen MR) is 114 cm³/mol. The minimum atomic E-state index is -0.491. The van der Waals surface area contributed by atoms with Crippen molar-refractivity contribution in [2.75, 3.05) is 19.6 Å². The van der Waals surface area contributed by atoms with Gasteiger partial charge in [0.15, 0.2) is 0 Å². The molecule has 152 valence electrons. The first-order valence-electron chi connectivity index (χ1n) is 9.89. The number of aromatic amines is 1. The molecule has 1 aromatic carbocycles. The maximum Gasteiger partial charge on any atom is 0.328 e. The molecule has 1 aliphatic rings. The maximum atomic E-state index is 12.5. The van der Waals surface area contributed by atoms with E-state index in [1.807, 2.05) is 6.07 Å². The number of benzene rings is 1. The summed E-state index contributed by atoms with van der Waals surface area (Å²) in [5, 5.41) is 5.54. The highest BCUT2D eigenvalue weighted by Crippen LogP contribution is 2.27. The van der Waals surface area contributed by atoms with Gasteiger partial charge in [0.2, 0.25) is 5.91 Å². The van der Waals surface area contributed by atoms with Crippen molar-refractivity contribution in [2.24, 2.45) is 0 Å². The molecule has 3 heterocycles. The molecule has 1 amide bonds. The summed E-state index contributed by atoms with van der Waals surface area (Å²) in [7, 11) is 0. The number of hydrogen-bond acceptors (Lipinski definition) is 5. The number of amides is 1. The van der Waals surface area contributed by atoms with Gasteiger partial charge in [-0.3, -0.25) is 24.0 Å². The second-order valence-electron chi connectivity index (χ2n) is 7.26. The Balaban J connectivity index is 1.42. The molecule has 0 spiro atoms. The van der Waals surface area contributed by atoms with Crippen LogP contribution in [0.3, 0.4) is 0 Å². The normalized spacial score (nSPS) is 15.6. The van der Waals surface area contributed by atoms with Crippen molar-refractivity contribution in [3.05, 3.63) is 67.5 Å². The van der Waals surface area contributed by atoms with Gasteiger partial charge in [-0.15, -0.1) is 11.3 Å². The number of likely N-dealkylation sites (tertiary alicyclic amines) is 1. The molecule has 4 rings (SSSR count). The number of fused-ring (bicyclic) bond motifs is 1. The fourth-order valence-electron chi connectivity index (χ4n) is 3.92. The third-order valence-electron chi connectivity index (χ3n) is 5.41. The van der Waals surface area contributed by atoms with Gasteiger partial charge in [0.1, 0.15) is 0 Å². The minimum Gasteiger partial charge on any atom is -0.354 e. The third kappa shape index (κ3) is 4.33. The Kier molecular flexibility index (Phi) is 5.92. The first kappa shape index (κ1) is 19.6. The highest BCUT2D eigenvalue weighted by Gasteiger charge is 2.24. The zero-order valence-electron chi connectivity index (χ0n) is 16.1. The molecule has 1 aliphatic heterocycles. The molecular weight excluding hydrogens is 388 g/mol. The number of nitrogens with one attached hydrogen (secondary N) is 2. The molecular formula is C21H24N4O3S. The smallest absolute Gasteiger partial charge is 0.328 e. The van der Waals surface area contributed by atoms with Crippen LogP contribution in [-0.4, -0.2) is 40.0 Å². The van der Waals surface area contributed by atoms with E-state index in [2.05, 4.69) is 26.6 Å². The number of H-pyrrole nitrogens is 1. The van der Waals surface area contributed by atoms with E-state index in [0.717, 1.165) is 13.1 Å². The number of carbonyl (C=O) groups excluding carboxylic acids is 1. The number of aromatic nitrogens is 2. The topological polar surface area (TPSA) is 87.2 Å². The van der Waals surface area contributed by atoms with Crippen molar-refractivity contribution in [3.8, 4) is 0 Å². The Labute approximate surface area is 172 Å². The van der Waals surface area contributed by atoms with Crippen molar-refractivity contribution in [3.63, 3.8) is 0 Å². The molecule has 0 saturated carbocycles. The van der Waals surface area contributed by atoms with Crippen LogP contribution >= 0.6 is 11.3 Å². The van der Waals surface area contributed by atoms with Crippen LogP contribution in [0.2, 0.25) is 0 Å². The largest absolute Gasteiger partial charge is 0.354 e. The van der Waals surface area contributed by atoms with E-state index in [4.69, 9.17) is 0 Å². The van der Waals surface area contributed by atoms with Gasteiger partial charge in [-0.2, -0.15) is 0 Å². The minimum absolute atomic E-state index is 0.104. The zero-order valence-corrected chi connectivity index (χ0v) is 16.9. The zero-order chi connectivity index (χ0) is 20.2. The summed E-state index contributed by atoms with van der Waals surface area (Å²) >= 11 is 1.71. The second-order valence-corrected chi connectivity index (χ2v) is 8.24. The van der Waals surface area contributed by atoms with Crippen LogP contribution in [0, 0.1) is 0 Å². The van der Waals surface area contributed by atoms with Crippen LogP contribution in [0.4, 0.5) is 0 Å². The van der Waals surface area contributed by atoms with Crippen LogP contribution in [0.15, 0.2) is 51.4 Å². The molecule has 1 fully saturated rings. The van der Waals surface area contributed by atoms with Gasteiger partial charge < -0.3 is 5.32 Å². The van der Waals surface area contributed by atoms with Crippen molar-refractivity contribution in [1.29, 1.82) is 0 Å². The monoisotopic (exact) mass is 412 g/mol. The average molecular weight is 413 g/mol. The van der Waals surface area contributed by atoms with Gasteiger partial charge in [-0.1, -0.05) is 18.2 Å². The molecule has 2 aromatic heterocycles. The SMILES string of the molecule is O=C(CCn1c(=O)[nH]c(=O)c2ccccc21)NCC(c1cccs1)N1CCCC1. The Hall–Kier alpha value is -2.71. The number of carbonyl (C=O) groups is 1. The van der Waals surface area contributed by atoms with E-state index >= 15 is 0 Å². The first-order valence-corrected chi connectivity index (χ1v) is 10.8. The van der Waals surface area contributed by atoms with Crippen molar-refractivity contribution in [1.82, 2.24) is 19.8 Å². The van der Waals surface area contributed by atoms with Crippen LogP contribution in [-0.2, 0) is 11.3 Å². The van der Waals surface area contributed by atoms with Crippen molar-refractivity contribution >= 4 is 28.1 Å². The lowest BCUT2D eigenvalue weighted by Crippen LogP contribution is -2.37. The summed E-state index contributed by atoms with van der Waals surface area (Å²) in [5.74, 6) is -0.104. The molecule has 1 saturated heterocycles. The standard InChI is InChI=1S/C21H24N4O3S/c26-19(22-14-17(18-8-5-13-29-18)24-10-3-4-11-24)9-12-25-16-7-2-1-6-15(16)20(27)23-21(25)28/h1-2,5-8,13,17H,3-4,9-12,14H2,(H,22,26)(H,23,27,28). The Bertz CT molecular complexity index is 1100. The summed E-state index contributed by atoms with van der Waals surface area (Å²) in [5.41, 5.74) is -0.353. The Morgan fingerprint density at radius 2 is 1.93 bits per heavy atom. The summed E-state index contributed by atoms with van der Waals surface area (Å²) in [4.78, 5) is 42.7. The Morgan fingerprint density at radius 3 is 2.69 bits per heavy atom. The van der Waals surface area contributed by atoms with E-state index in [0.29, 0.717) is 17.4 Å². The lowest BCUT2D eigenvalue weighted by Gasteiger charge is -2.27. The molecule has 8 heteroatoms. The fraction of sp³-hybridized carbons (Fsp3) is 0.381. The van der Waals surface area contributed by atoms with E-state index in [-0.39, 0.29) is 24.9 Å². The van der Waals surface area contributed by atoms with Gasteiger partial charge in [0.25, 0.3) is 5.56 Å². The fourth-order valence-corrected chi connectivity index (χ4v) is 4.78. The van der Waals surface area contributed by atoms with E-state index in [9.17, 15) is 14.4 Å². The van der Waals surface area contributed by atoms with Gasteiger partial charge in [-0.25, -0.2) is 4.79 Å². The third-order valence-corrected chi connectivity index (χ3v) is 6.39. The van der Waals surface area contributed by atoms with Crippen LogP contribution in [0.1, 0.15) is 30.2 Å². The van der Waals surface area contributed by atoms with E-state index in [1.54, 1.807) is 35.6 Å². The van der Waals surface area contributed by atoms with Crippen molar-refractivity contribution < 1.29 is 4.79 Å². The quantitative estimate of drug-likeness (QED) is 0.622. The van der Waals surface area contributed by atoms with Crippen LogP contribution in [0.25, 0.3) is 10.9 Å². The van der Waals surface area contributed by atoms with Crippen LogP contribution in [0.5, 0.6) is 0 Å². The molecule has 3 aromatic rings. The number of aryl methyl sites for hydroxylation is 1. The lowest BCUT2D eigenvalue weighted by molar-refractivity contribution is -0.121. The summed E-state index contributed by atoms with van der Waals surface area (Å²) < 4.78 is 1.45. The van der Waals surface area contributed by atoms with E-state index in [1.165, 1.54) is 22.3 Å². The highest BCUT2D eigenvalue weighted by molar-refractivity contribution is 7.10. The molecule has 0 aliphatic carbocycles. The summed E-state index contributed by atoms with van der Waals surface area (Å²) in [6, 6.07) is 11.3. The number of hydrogen-bond donors (Lipinski definition) is 2. The number of rotatable bonds is 7. The van der Waals surface area contributed by atoms with Gasteiger partial charge in [0.05, 0.1) is 16.9 Å². The summed E-state index contributed by atoms with van der Waals surface area (Å²) in [6.45, 7) is 2.88. The maximum absolute atomic E-state index is 12.5. The highest BCUT2D eigenvalue weighted by atomic mass is 32.1. The first-order chi connectivity index (χ1) is 14.1. The van der Waals surface area contributed by atoms with Crippen LogP contribution < -0.4 is 16.6 Å². The van der Waals surface area contributed by atoms with Gasteiger partial charge >= 0.3 is 5.69 Å².